The Bertz CT molecular complexity index is 699. The monoisotopic (exact) mass is 314 g/mol. The highest BCUT2D eigenvalue weighted by Crippen LogP contribution is 2.30. The quantitative estimate of drug-likeness (QED) is 0.783. The summed E-state index contributed by atoms with van der Waals surface area (Å²) in [5, 5.41) is 0. The summed E-state index contributed by atoms with van der Waals surface area (Å²) in [6.07, 6.45) is 0. The smallest absolute Gasteiger partial charge is 0.338 e. The molecule has 4 heteroatoms. The number of ether oxygens (including phenoxy) is 3. The predicted octanol–water partition coefficient (Wildman–Crippen LogP) is 3.99. The fraction of sp³-hybridized carbons (Fsp3) is 0.316. The van der Waals surface area contributed by atoms with E-state index in [2.05, 4.69) is 0 Å². The van der Waals surface area contributed by atoms with Gasteiger partial charge in [-0.25, -0.2) is 4.79 Å². The fourth-order valence-corrected chi connectivity index (χ4v) is 2.50. The lowest BCUT2D eigenvalue weighted by molar-refractivity contribution is 0.0471. The van der Waals surface area contributed by atoms with Crippen LogP contribution >= 0.6 is 0 Å². The van der Waals surface area contributed by atoms with Gasteiger partial charge in [-0.05, 0) is 56.2 Å². The van der Waals surface area contributed by atoms with Gasteiger partial charge < -0.3 is 14.2 Å². The van der Waals surface area contributed by atoms with Gasteiger partial charge in [0.2, 0.25) is 0 Å². The second kappa shape index (κ2) is 7.18. The molecular weight excluding hydrogens is 292 g/mol. The van der Waals surface area contributed by atoms with Gasteiger partial charge in [0.25, 0.3) is 0 Å². The van der Waals surface area contributed by atoms with Gasteiger partial charge in [0.05, 0.1) is 19.8 Å². The average molecular weight is 314 g/mol. The molecule has 0 saturated heterocycles. The summed E-state index contributed by atoms with van der Waals surface area (Å²) in [6.45, 7) is 6.06. The molecule has 2 rings (SSSR count). The maximum Gasteiger partial charge on any atom is 0.338 e. The van der Waals surface area contributed by atoms with Crippen molar-refractivity contribution in [3.63, 3.8) is 0 Å². The molecule has 0 aliphatic heterocycles. The zero-order valence-corrected chi connectivity index (χ0v) is 14.2. The second-order valence-electron chi connectivity index (χ2n) is 5.59. The Kier molecular flexibility index (Phi) is 5.27. The van der Waals surface area contributed by atoms with Crippen molar-refractivity contribution in [1.82, 2.24) is 0 Å². The molecule has 122 valence electrons. The lowest BCUT2D eigenvalue weighted by Gasteiger charge is -2.13. The molecular formula is C19H22O4. The van der Waals surface area contributed by atoms with Crippen molar-refractivity contribution in [2.75, 3.05) is 14.2 Å². The van der Waals surface area contributed by atoms with Gasteiger partial charge in [0.15, 0.2) is 11.5 Å². The van der Waals surface area contributed by atoms with E-state index in [1.807, 2.05) is 51.1 Å². The highest BCUT2D eigenvalue weighted by molar-refractivity contribution is 5.89. The van der Waals surface area contributed by atoms with Crippen molar-refractivity contribution >= 4 is 5.97 Å². The van der Waals surface area contributed by atoms with E-state index in [0.29, 0.717) is 17.1 Å². The molecule has 0 bridgehead atoms. The van der Waals surface area contributed by atoms with E-state index in [9.17, 15) is 4.79 Å². The van der Waals surface area contributed by atoms with Crippen molar-refractivity contribution in [2.24, 2.45) is 0 Å². The largest absolute Gasteiger partial charge is 0.493 e. The minimum absolute atomic E-state index is 0.192. The van der Waals surface area contributed by atoms with Gasteiger partial charge in [0.1, 0.15) is 6.61 Å². The minimum Gasteiger partial charge on any atom is -0.493 e. The molecule has 0 N–H and O–H groups in total. The molecule has 23 heavy (non-hydrogen) atoms. The third kappa shape index (κ3) is 4.03. The average Bonchev–Trinajstić information content (AvgIpc) is 2.52. The van der Waals surface area contributed by atoms with Crippen molar-refractivity contribution in [1.29, 1.82) is 0 Å². The molecule has 0 radical (unpaired) electrons. The number of methoxy groups -OCH3 is 2. The summed E-state index contributed by atoms with van der Waals surface area (Å²) in [4.78, 5) is 12.2. The van der Waals surface area contributed by atoms with Gasteiger partial charge in [-0.15, -0.1) is 0 Å². The number of rotatable bonds is 5. The summed E-state index contributed by atoms with van der Waals surface area (Å²) in [5.41, 5.74) is 4.52. The van der Waals surface area contributed by atoms with E-state index >= 15 is 0 Å². The lowest BCUT2D eigenvalue weighted by atomic mass is 10.1. The molecule has 0 aliphatic rings. The van der Waals surface area contributed by atoms with Gasteiger partial charge in [-0.1, -0.05) is 17.2 Å². The first-order chi connectivity index (χ1) is 10.9. The molecule has 0 amide bonds. The van der Waals surface area contributed by atoms with Gasteiger partial charge in [-0.2, -0.15) is 0 Å². The van der Waals surface area contributed by atoms with E-state index in [1.165, 1.54) is 0 Å². The molecule has 0 atom stereocenters. The highest BCUT2D eigenvalue weighted by Gasteiger charge is 2.12. The molecule has 0 saturated carbocycles. The number of carbonyl (C=O) groups is 1. The van der Waals surface area contributed by atoms with Crippen LogP contribution in [0.1, 0.15) is 32.6 Å². The van der Waals surface area contributed by atoms with E-state index in [-0.39, 0.29) is 12.6 Å². The second-order valence-corrected chi connectivity index (χ2v) is 5.59. The van der Waals surface area contributed by atoms with Crippen LogP contribution in [0.4, 0.5) is 0 Å². The van der Waals surface area contributed by atoms with Crippen LogP contribution in [0, 0.1) is 20.8 Å². The Morgan fingerprint density at radius 2 is 1.43 bits per heavy atom. The number of esters is 1. The first-order valence-corrected chi connectivity index (χ1v) is 7.41. The Labute approximate surface area is 137 Å². The highest BCUT2D eigenvalue weighted by atomic mass is 16.5. The number of benzene rings is 2. The first kappa shape index (κ1) is 16.9. The predicted molar refractivity (Wildman–Crippen MR) is 89.3 cm³/mol. The van der Waals surface area contributed by atoms with Crippen LogP contribution in [0.25, 0.3) is 0 Å². The summed E-state index contributed by atoms with van der Waals surface area (Å²) in [5.74, 6) is 0.955. The minimum atomic E-state index is -0.328. The van der Waals surface area contributed by atoms with Crippen molar-refractivity contribution in [2.45, 2.75) is 27.4 Å². The molecule has 0 aliphatic carbocycles. The van der Waals surface area contributed by atoms with Crippen molar-refractivity contribution < 1.29 is 19.0 Å². The Hall–Kier alpha value is -2.49. The first-order valence-electron chi connectivity index (χ1n) is 7.41. The van der Waals surface area contributed by atoms with Gasteiger partial charge in [-0.3, -0.25) is 0 Å². The zero-order valence-electron chi connectivity index (χ0n) is 14.2. The van der Waals surface area contributed by atoms with Crippen LogP contribution in [0.15, 0.2) is 30.3 Å². The van der Waals surface area contributed by atoms with E-state index < -0.39 is 0 Å². The van der Waals surface area contributed by atoms with Crippen LogP contribution < -0.4 is 9.47 Å². The van der Waals surface area contributed by atoms with Crippen molar-refractivity contribution in [3.8, 4) is 11.5 Å². The normalized spacial score (nSPS) is 10.3. The topological polar surface area (TPSA) is 44.8 Å². The molecule has 2 aromatic rings. The summed E-state index contributed by atoms with van der Waals surface area (Å²) < 4.78 is 16.0. The van der Waals surface area contributed by atoms with Gasteiger partial charge >= 0.3 is 5.97 Å². The van der Waals surface area contributed by atoms with E-state index in [0.717, 1.165) is 22.3 Å². The lowest BCUT2D eigenvalue weighted by Crippen LogP contribution is -2.07. The number of aryl methyl sites for hydroxylation is 3. The number of hydrogen-bond donors (Lipinski definition) is 0. The van der Waals surface area contributed by atoms with Crippen LogP contribution in [0.2, 0.25) is 0 Å². The Morgan fingerprint density at radius 1 is 0.870 bits per heavy atom. The van der Waals surface area contributed by atoms with Crippen LogP contribution in [-0.2, 0) is 11.3 Å². The van der Waals surface area contributed by atoms with E-state index in [4.69, 9.17) is 14.2 Å². The third-order valence-electron chi connectivity index (χ3n) is 3.66. The zero-order chi connectivity index (χ0) is 17.0. The molecule has 0 spiro atoms. The van der Waals surface area contributed by atoms with Crippen molar-refractivity contribution in [3.05, 3.63) is 58.1 Å². The molecule has 4 nitrogen and oxygen atoms in total. The molecule has 0 unspecified atom stereocenters. The Balaban J connectivity index is 2.15. The summed E-state index contributed by atoms with van der Waals surface area (Å²) in [6, 6.07) is 9.39. The number of carbonyl (C=O) groups excluding carboxylic acids is 1. The van der Waals surface area contributed by atoms with Crippen LogP contribution in [-0.4, -0.2) is 20.2 Å². The summed E-state index contributed by atoms with van der Waals surface area (Å²) >= 11 is 0. The van der Waals surface area contributed by atoms with E-state index in [1.54, 1.807) is 14.2 Å². The maximum absolute atomic E-state index is 12.2. The molecule has 2 aromatic carbocycles. The maximum atomic E-state index is 12.2. The fourth-order valence-electron chi connectivity index (χ4n) is 2.50. The molecule has 0 fully saturated rings. The SMILES string of the molecule is COc1cc(C)c(COC(=O)c2cc(C)cc(C)c2)cc1OC. The van der Waals surface area contributed by atoms with Gasteiger partial charge in [0, 0.05) is 0 Å². The third-order valence-corrected chi connectivity index (χ3v) is 3.66. The summed E-state index contributed by atoms with van der Waals surface area (Å²) in [7, 11) is 3.18. The van der Waals surface area contributed by atoms with Crippen LogP contribution in [0.3, 0.4) is 0 Å². The Morgan fingerprint density at radius 3 is 2.00 bits per heavy atom. The van der Waals surface area contributed by atoms with Crippen LogP contribution in [0.5, 0.6) is 11.5 Å². The molecule has 0 aromatic heterocycles. The molecule has 0 heterocycles. The number of hydrogen-bond acceptors (Lipinski definition) is 4. The standard InChI is InChI=1S/C19H22O4/c1-12-6-13(2)8-15(7-12)19(20)23-11-16-10-18(22-5)17(21-4)9-14(16)3/h6-10H,11H2,1-5H3.